The number of furan rings is 2. The molecule has 1 saturated carbocycles. The Morgan fingerprint density at radius 2 is 0.984 bits per heavy atom. The second-order valence-electron chi connectivity index (χ2n) is 17.4. The van der Waals surface area contributed by atoms with Gasteiger partial charge in [-0.15, -0.1) is 0 Å². The van der Waals surface area contributed by atoms with Gasteiger partial charge in [0.2, 0.25) is 0 Å². The van der Waals surface area contributed by atoms with E-state index in [0.29, 0.717) is 11.8 Å². The molecule has 12 rings (SSSR count). The SMILES string of the molecule is CC1C=CC(N(c2ccccc2-c2cccc3c2oc2ccccc23)c2ccccc2-c2cccc3cccc(C4CCCCC4)c23)=C(c2cccc3c2oc2ccccc23)C1. The van der Waals surface area contributed by atoms with E-state index in [1.54, 1.807) is 0 Å². The number of anilines is 2. The van der Waals surface area contributed by atoms with Crippen molar-refractivity contribution in [1.29, 1.82) is 0 Å². The molecule has 3 nitrogen and oxygen atoms in total. The smallest absolute Gasteiger partial charge is 0.143 e. The fraction of sp³-hybridized carbons (Fsp3) is 0.153. The maximum absolute atomic E-state index is 6.80. The average molecular weight is 802 g/mol. The Bertz CT molecular complexity index is 3400. The number of hydrogen-bond donors (Lipinski definition) is 0. The molecule has 300 valence electrons. The van der Waals surface area contributed by atoms with Crippen LogP contribution in [0.25, 0.3) is 82.5 Å². The number of benzene rings is 8. The second kappa shape index (κ2) is 15.1. The van der Waals surface area contributed by atoms with E-state index < -0.39 is 0 Å². The molecule has 0 saturated heterocycles. The molecule has 0 spiro atoms. The number of para-hydroxylation sites is 6. The van der Waals surface area contributed by atoms with E-state index in [1.165, 1.54) is 65.1 Å². The summed E-state index contributed by atoms with van der Waals surface area (Å²) in [6.07, 6.45) is 12.0. The molecule has 1 atom stereocenters. The summed E-state index contributed by atoms with van der Waals surface area (Å²) in [7, 11) is 0. The van der Waals surface area contributed by atoms with Crippen molar-refractivity contribution in [1.82, 2.24) is 0 Å². The third-order valence-electron chi connectivity index (χ3n) is 13.6. The van der Waals surface area contributed by atoms with Crippen molar-refractivity contribution in [3.05, 3.63) is 199 Å². The number of nitrogens with zero attached hydrogens (tertiary/aromatic N) is 1. The van der Waals surface area contributed by atoms with Gasteiger partial charge in [-0.05, 0) is 88.9 Å². The topological polar surface area (TPSA) is 29.5 Å². The van der Waals surface area contributed by atoms with Crippen LogP contribution in [0.3, 0.4) is 0 Å². The molecule has 1 unspecified atom stereocenters. The molecule has 8 aromatic carbocycles. The monoisotopic (exact) mass is 801 g/mol. The van der Waals surface area contributed by atoms with E-state index in [1.807, 2.05) is 0 Å². The van der Waals surface area contributed by atoms with E-state index >= 15 is 0 Å². The largest absolute Gasteiger partial charge is 0.455 e. The summed E-state index contributed by atoms with van der Waals surface area (Å²) in [5.74, 6) is 0.893. The molecule has 0 amide bonds. The maximum atomic E-state index is 6.80. The fourth-order valence-electron chi connectivity index (χ4n) is 10.8. The normalized spacial score (nSPS) is 16.0. The molecule has 1 fully saturated rings. The molecule has 62 heavy (non-hydrogen) atoms. The van der Waals surface area contributed by atoms with Gasteiger partial charge in [0.25, 0.3) is 0 Å². The van der Waals surface area contributed by atoms with E-state index in [-0.39, 0.29) is 0 Å². The van der Waals surface area contributed by atoms with Crippen LogP contribution in [0.4, 0.5) is 11.4 Å². The molecule has 0 bridgehead atoms. The van der Waals surface area contributed by atoms with Gasteiger partial charge in [-0.2, -0.15) is 0 Å². The first-order valence-electron chi connectivity index (χ1n) is 22.4. The summed E-state index contributed by atoms with van der Waals surface area (Å²) in [6.45, 7) is 2.32. The number of rotatable bonds is 7. The van der Waals surface area contributed by atoms with Gasteiger partial charge in [0.05, 0.1) is 11.4 Å². The van der Waals surface area contributed by atoms with Crippen LogP contribution in [0.15, 0.2) is 197 Å². The first-order valence-corrected chi connectivity index (χ1v) is 22.4. The van der Waals surface area contributed by atoms with Gasteiger partial charge in [0.15, 0.2) is 0 Å². The summed E-state index contributed by atoms with van der Waals surface area (Å²) < 4.78 is 13.6. The van der Waals surface area contributed by atoms with Gasteiger partial charge in [-0.25, -0.2) is 0 Å². The van der Waals surface area contributed by atoms with E-state index in [9.17, 15) is 0 Å². The fourth-order valence-corrected chi connectivity index (χ4v) is 10.8. The van der Waals surface area contributed by atoms with Crippen LogP contribution in [-0.2, 0) is 0 Å². The van der Waals surface area contributed by atoms with E-state index in [2.05, 4.69) is 194 Å². The van der Waals surface area contributed by atoms with Crippen LogP contribution in [0.1, 0.15) is 62.5 Å². The molecule has 2 aliphatic carbocycles. The molecule has 0 aliphatic heterocycles. The lowest BCUT2D eigenvalue weighted by Gasteiger charge is -2.34. The minimum atomic E-state index is 0.334. The Morgan fingerprint density at radius 3 is 1.68 bits per heavy atom. The van der Waals surface area contributed by atoms with Crippen LogP contribution in [0.2, 0.25) is 0 Å². The van der Waals surface area contributed by atoms with Crippen LogP contribution in [0.5, 0.6) is 0 Å². The molecular weight excluding hydrogens is 755 g/mol. The van der Waals surface area contributed by atoms with Crippen molar-refractivity contribution in [3.63, 3.8) is 0 Å². The Balaban J connectivity index is 1.16. The Labute approximate surface area is 362 Å². The van der Waals surface area contributed by atoms with Gasteiger partial charge in [-0.3, -0.25) is 0 Å². The number of allylic oxidation sites excluding steroid dienone is 3. The molecule has 10 aromatic rings. The minimum absolute atomic E-state index is 0.334. The molecule has 0 N–H and O–H groups in total. The van der Waals surface area contributed by atoms with Crippen molar-refractivity contribution in [3.8, 4) is 22.3 Å². The summed E-state index contributed by atoms with van der Waals surface area (Å²) in [6, 6.07) is 61.9. The lowest BCUT2D eigenvalue weighted by Crippen LogP contribution is -2.21. The van der Waals surface area contributed by atoms with Gasteiger partial charge in [0.1, 0.15) is 22.3 Å². The highest BCUT2D eigenvalue weighted by atomic mass is 16.3. The zero-order valence-corrected chi connectivity index (χ0v) is 35.0. The second-order valence-corrected chi connectivity index (χ2v) is 17.4. The lowest BCUT2D eigenvalue weighted by molar-refractivity contribution is 0.445. The van der Waals surface area contributed by atoms with Gasteiger partial charge in [0, 0.05) is 49.5 Å². The van der Waals surface area contributed by atoms with Crippen LogP contribution in [-0.4, -0.2) is 0 Å². The third-order valence-corrected chi connectivity index (χ3v) is 13.6. The standard InChI is InChI=1S/C59H47NO2/c1-38-35-36-54(51(37-38)50-30-16-29-49-45-24-8-12-34-56(45)62-59(49)50)60(53-32-10-6-22-43(53)47-27-15-28-48-44-23-7-11-33-55(44)61-58(47)48)52-31-9-5-21-42(52)46-26-14-20-40-19-13-25-41(57(40)46)39-17-3-2-4-18-39/h5-16,19-36,38-39H,2-4,17-18,37H2,1H3. The summed E-state index contributed by atoms with van der Waals surface area (Å²) in [4.78, 5) is 2.55. The number of fused-ring (bicyclic) bond motifs is 7. The highest BCUT2D eigenvalue weighted by Crippen LogP contribution is 2.50. The van der Waals surface area contributed by atoms with Gasteiger partial charge < -0.3 is 13.7 Å². The average Bonchev–Trinajstić information content (AvgIpc) is 3.91. The Morgan fingerprint density at radius 1 is 0.468 bits per heavy atom. The minimum Gasteiger partial charge on any atom is -0.455 e. The zero-order chi connectivity index (χ0) is 41.1. The first-order chi connectivity index (χ1) is 30.7. The van der Waals surface area contributed by atoms with Crippen molar-refractivity contribution in [2.24, 2.45) is 5.92 Å². The summed E-state index contributed by atoms with van der Waals surface area (Å²) in [5.41, 5.74) is 15.5. The van der Waals surface area contributed by atoms with E-state index in [4.69, 9.17) is 8.83 Å². The maximum Gasteiger partial charge on any atom is 0.143 e. The predicted octanol–water partition coefficient (Wildman–Crippen LogP) is 17.2. The van der Waals surface area contributed by atoms with E-state index in [0.717, 1.165) is 84.1 Å². The molecule has 2 aliphatic rings. The van der Waals surface area contributed by atoms with Crippen LogP contribution >= 0.6 is 0 Å². The molecule has 2 aromatic heterocycles. The lowest BCUT2D eigenvalue weighted by atomic mass is 9.80. The third kappa shape index (κ3) is 6.02. The van der Waals surface area contributed by atoms with Crippen molar-refractivity contribution in [2.75, 3.05) is 4.90 Å². The van der Waals surface area contributed by atoms with Crippen LogP contribution in [0, 0.1) is 5.92 Å². The molecule has 0 radical (unpaired) electrons. The van der Waals surface area contributed by atoms with Gasteiger partial charge >= 0.3 is 0 Å². The van der Waals surface area contributed by atoms with Crippen molar-refractivity contribution >= 4 is 71.6 Å². The first kappa shape index (κ1) is 36.7. The number of hydrogen-bond acceptors (Lipinski definition) is 3. The van der Waals surface area contributed by atoms with Crippen molar-refractivity contribution in [2.45, 2.75) is 51.4 Å². The van der Waals surface area contributed by atoms with Gasteiger partial charge in [-0.1, -0.05) is 178 Å². The van der Waals surface area contributed by atoms with Crippen LogP contribution < -0.4 is 4.90 Å². The molecular formula is C59H47NO2. The quantitative estimate of drug-likeness (QED) is 0.161. The zero-order valence-electron chi connectivity index (χ0n) is 35.0. The Kier molecular flexibility index (Phi) is 8.95. The summed E-state index contributed by atoms with van der Waals surface area (Å²) >= 11 is 0. The summed E-state index contributed by atoms with van der Waals surface area (Å²) in [5, 5.41) is 7.20. The highest BCUT2D eigenvalue weighted by Gasteiger charge is 2.29. The molecule has 3 heteroatoms. The highest BCUT2D eigenvalue weighted by molar-refractivity contribution is 6.12. The van der Waals surface area contributed by atoms with Crippen molar-refractivity contribution < 1.29 is 8.83 Å². The Hall–Kier alpha value is -7.10. The molecule has 2 heterocycles. The predicted molar refractivity (Wildman–Crippen MR) is 260 cm³/mol.